The van der Waals surface area contributed by atoms with E-state index in [0.29, 0.717) is 27.8 Å². The molecule has 3 rings (SSSR count). The minimum Gasteiger partial charge on any atom is -0.496 e. The minimum absolute atomic E-state index is 0.258. The van der Waals surface area contributed by atoms with E-state index in [4.69, 9.17) is 27.9 Å². The molecule has 1 aromatic heterocycles. The first-order valence-electron chi connectivity index (χ1n) is 9.37. The van der Waals surface area contributed by atoms with Crippen molar-refractivity contribution in [2.45, 2.75) is 24.3 Å². The first kappa shape index (κ1) is 24.2. The zero-order valence-electron chi connectivity index (χ0n) is 17.1. The second-order valence-corrected chi connectivity index (χ2v) is 8.49. The molecule has 0 saturated heterocycles. The molecule has 0 spiro atoms. The molecule has 0 aliphatic carbocycles. The molecule has 2 aromatic carbocycles. The second-order valence-electron chi connectivity index (χ2n) is 6.70. The molecule has 9 heteroatoms. The van der Waals surface area contributed by atoms with Gasteiger partial charge in [-0.25, -0.2) is 18.7 Å². The highest BCUT2D eigenvalue weighted by atomic mass is 35.5. The normalized spacial score (nSPS) is 11.3. The van der Waals surface area contributed by atoms with Crippen molar-refractivity contribution in [2.24, 2.45) is 0 Å². The van der Waals surface area contributed by atoms with Crippen molar-refractivity contribution in [2.75, 3.05) is 7.11 Å². The van der Waals surface area contributed by atoms with Crippen LogP contribution in [0.1, 0.15) is 39.3 Å². The zero-order chi connectivity index (χ0) is 23.3. The Bertz CT molecular complexity index is 1170. The van der Waals surface area contributed by atoms with E-state index in [9.17, 15) is 13.6 Å². The summed E-state index contributed by atoms with van der Waals surface area (Å²) in [5, 5.41) is 0.988. The standard InChI is InChI=1S/C23H18Cl2F2N2O2S/c1-13-9-19(22(26)27)29-23(28-13)32-12-15-10-14(4-8-21(15)31-2)3-7-20(30)17-6-5-16(24)11-18(17)25/h3-11,22H,12H2,1-2H3/b7-3+. The van der Waals surface area contributed by atoms with Gasteiger partial charge in [-0.05, 0) is 55.0 Å². The number of carbonyl (C=O) groups excluding carboxylic acids is 1. The number of ketones is 1. The third kappa shape index (κ3) is 6.28. The fourth-order valence-corrected chi connectivity index (χ4v) is 4.24. The van der Waals surface area contributed by atoms with Gasteiger partial charge in [0.25, 0.3) is 6.43 Å². The average molecular weight is 495 g/mol. The molecule has 1 heterocycles. The average Bonchev–Trinajstić information content (AvgIpc) is 2.75. The van der Waals surface area contributed by atoms with Crippen LogP contribution < -0.4 is 4.74 Å². The van der Waals surface area contributed by atoms with Crippen molar-refractivity contribution >= 4 is 46.8 Å². The van der Waals surface area contributed by atoms with E-state index in [1.54, 1.807) is 44.4 Å². The fraction of sp³-hybridized carbons (Fsp3) is 0.174. The zero-order valence-corrected chi connectivity index (χ0v) is 19.4. The molecule has 0 bridgehead atoms. The highest BCUT2D eigenvalue weighted by Crippen LogP contribution is 2.29. The number of allylic oxidation sites excluding steroid dienone is 1. The summed E-state index contributed by atoms with van der Waals surface area (Å²) in [6, 6.07) is 11.4. The number of rotatable bonds is 8. The molecule has 3 aromatic rings. The Morgan fingerprint density at radius 2 is 1.94 bits per heavy atom. The molecule has 32 heavy (non-hydrogen) atoms. The SMILES string of the molecule is COc1ccc(/C=C/C(=O)c2ccc(Cl)cc2Cl)cc1CSc1nc(C)cc(C(F)F)n1. The van der Waals surface area contributed by atoms with Gasteiger partial charge in [0.05, 0.1) is 12.1 Å². The van der Waals surface area contributed by atoms with Crippen molar-refractivity contribution in [1.29, 1.82) is 0 Å². The van der Waals surface area contributed by atoms with Gasteiger partial charge >= 0.3 is 0 Å². The molecule has 0 unspecified atom stereocenters. The summed E-state index contributed by atoms with van der Waals surface area (Å²) in [5.74, 6) is 0.767. The van der Waals surface area contributed by atoms with E-state index in [0.717, 1.165) is 11.1 Å². The fourth-order valence-electron chi connectivity index (χ4n) is 2.85. The van der Waals surface area contributed by atoms with E-state index < -0.39 is 6.43 Å². The number of ether oxygens (including phenoxy) is 1. The van der Waals surface area contributed by atoms with Crippen molar-refractivity contribution in [3.8, 4) is 5.75 Å². The molecule has 0 saturated carbocycles. The van der Waals surface area contributed by atoms with Crippen LogP contribution in [-0.4, -0.2) is 22.9 Å². The molecule has 0 radical (unpaired) electrons. The molecular weight excluding hydrogens is 477 g/mol. The summed E-state index contributed by atoms with van der Waals surface area (Å²) >= 11 is 13.2. The first-order valence-corrected chi connectivity index (χ1v) is 11.1. The van der Waals surface area contributed by atoms with E-state index in [-0.39, 0.29) is 21.7 Å². The Labute approximate surface area is 198 Å². The predicted octanol–water partition coefficient (Wildman–Crippen LogP) is 7.23. The third-order valence-electron chi connectivity index (χ3n) is 4.36. The molecule has 166 valence electrons. The number of thioether (sulfide) groups is 1. The van der Waals surface area contributed by atoms with Crippen LogP contribution in [0.5, 0.6) is 5.75 Å². The van der Waals surface area contributed by atoms with Crippen LogP contribution in [0.4, 0.5) is 8.78 Å². The minimum atomic E-state index is -2.66. The number of methoxy groups -OCH3 is 1. The van der Waals surface area contributed by atoms with Crippen LogP contribution in [0.2, 0.25) is 10.0 Å². The highest BCUT2D eigenvalue weighted by Gasteiger charge is 2.13. The summed E-state index contributed by atoms with van der Waals surface area (Å²) in [7, 11) is 1.54. The lowest BCUT2D eigenvalue weighted by molar-refractivity contribution is 0.104. The summed E-state index contributed by atoms with van der Waals surface area (Å²) in [6.45, 7) is 1.65. The second kappa shape index (κ2) is 10.9. The Morgan fingerprint density at radius 1 is 1.16 bits per heavy atom. The van der Waals surface area contributed by atoms with Gasteiger partial charge < -0.3 is 4.74 Å². The van der Waals surface area contributed by atoms with Gasteiger partial charge in [0.15, 0.2) is 10.9 Å². The molecule has 0 aliphatic heterocycles. The molecule has 0 fully saturated rings. The highest BCUT2D eigenvalue weighted by molar-refractivity contribution is 7.98. The number of aromatic nitrogens is 2. The van der Waals surface area contributed by atoms with Gasteiger partial charge in [-0.3, -0.25) is 4.79 Å². The number of hydrogen-bond donors (Lipinski definition) is 0. The smallest absolute Gasteiger partial charge is 0.280 e. The summed E-state index contributed by atoms with van der Waals surface area (Å²) in [4.78, 5) is 20.6. The summed E-state index contributed by atoms with van der Waals surface area (Å²) in [6.07, 6.45) is 0.427. The molecule has 0 N–H and O–H groups in total. The largest absolute Gasteiger partial charge is 0.496 e. The number of aryl methyl sites for hydroxylation is 1. The van der Waals surface area contributed by atoms with Crippen LogP contribution in [0.25, 0.3) is 6.08 Å². The lowest BCUT2D eigenvalue weighted by atomic mass is 10.1. The maximum atomic E-state index is 13.0. The Kier molecular flexibility index (Phi) is 8.23. The van der Waals surface area contributed by atoms with Crippen molar-refractivity contribution in [3.63, 3.8) is 0 Å². The molecular formula is C23H18Cl2F2N2O2S. The number of benzene rings is 2. The lowest BCUT2D eigenvalue weighted by Gasteiger charge is -2.10. The van der Waals surface area contributed by atoms with Crippen LogP contribution in [-0.2, 0) is 5.75 Å². The number of carbonyl (C=O) groups is 1. The number of halogens is 4. The maximum absolute atomic E-state index is 13.0. The third-order valence-corrected chi connectivity index (χ3v) is 5.81. The Morgan fingerprint density at radius 3 is 2.62 bits per heavy atom. The summed E-state index contributed by atoms with van der Waals surface area (Å²) < 4.78 is 31.4. The Balaban J connectivity index is 1.78. The van der Waals surface area contributed by atoms with Gasteiger partial charge in [-0.1, -0.05) is 47.1 Å². The van der Waals surface area contributed by atoms with Gasteiger partial charge in [-0.2, -0.15) is 0 Å². The quantitative estimate of drug-likeness (QED) is 0.143. The van der Waals surface area contributed by atoms with Crippen molar-refractivity contribution < 1.29 is 18.3 Å². The van der Waals surface area contributed by atoms with Gasteiger partial charge in [0.2, 0.25) is 0 Å². The van der Waals surface area contributed by atoms with Crippen LogP contribution >= 0.6 is 35.0 Å². The van der Waals surface area contributed by atoms with Crippen LogP contribution in [0.3, 0.4) is 0 Å². The first-order chi connectivity index (χ1) is 15.3. The van der Waals surface area contributed by atoms with E-state index >= 15 is 0 Å². The number of hydrogen-bond acceptors (Lipinski definition) is 5. The maximum Gasteiger partial charge on any atom is 0.280 e. The van der Waals surface area contributed by atoms with E-state index in [1.165, 1.54) is 30.0 Å². The number of alkyl halides is 2. The summed E-state index contributed by atoms with van der Waals surface area (Å²) in [5.41, 5.74) is 2.09. The number of nitrogens with zero attached hydrogens (tertiary/aromatic N) is 2. The van der Waals surface area contributed by atoms with Crippen molar-refractivity contribution in [3.05, 3.63) is 86.7 Å². The predicted molar refractivity (Wildman–Crippen MR) is 124 cm³/mol. The lowest BCUT2D eigenvalue weighted by Crippen LogP contribution is -1.98. The monoisotopic (exact) mass is 494 g/mol. The van der Waals surface area contributed by atoms with E-state index in [2.05, 4.69) is 9.97 Å². The molecule has 0 aliphatic rings. The molecule has 4 nitrogen and oxygen atoms in total. The van der Waals surface area contributed by atoms with Crippen LogP contribution in [0, 0.1) is 6.92 Å². The van der Waals surface area contributed by atoms with Gasteiger partial charge in [0.1, 0.15) is 11.4 Å². The van der Waals surface area contributed by atoms with Gasteiger partial charge in [-0.15, -0.1) is 0 Å². The van der Waals surface area contributed by atoms with Crippen LogP contribution in [0.15, 0.2) is 53.7 Å². The molecule has 0 amide bonds. The molecule has 0 atom stereocenters. The van der Waals surface area contributed by atoms with Crippen molar-refractivity contribution in [1.82, 2.24) is 9.97 Å². The Hall–Kier alpha value is -2.48. The topological polar surface area (TPSA) is 52.1 Å². The van der Waals surface area contributed by atoms with Gasteiger partial charge in [0, 0.05) is 27.6 Å². The van der Waals surface area contributed by atoms with E-state index in [1.807, 2.05) is 6.07 Å².